The maximum atomic E-state index is 6.89. The van der Waals surface area contributed by atoms with Crippen LogP contribution in [0.4, 0.5) is 0 Å². The molecule has 0 unspecified atom stereocenters. The van der Waals surface area contributed by atoms with Crippen molar-refractivity contribution < 1.29 is 9.47 Å². The number of allylic oxidation sites excluding steroid dienone is 4. The molecule has 5 aromatic rings. The molecule has 0 amide bonds. The van der Waals surface area contributed by atoms with Crippen molar-refractivity contribution >= 4 is 28.7 Å². The lowest BCUT2D eigenvalue weighted by atomic mass is 9.34. The van der Waals surface area contributed by atoms with E-state index >= 15 is 0 Å². The van der Waals surface area contributed by atoms with Gasteiger partial charge in [0.05, 0.1) is 0 Å². The molecule has 0 spiro atoms. The number of rotatable bonds is 3. The third-order valence-electron chi connectivity index (χ3n) is 8.79. The van der Waals surface area contributed by atoms with Gasteiger partial charge < -0.3 is 9.47 Å². The molecule has 0 bridgehead atoms. The summed E-state index contributed by atoms with van der Waals surface area (Å²) >= 11 is 0. The summed E-state index contributed by atoms with van der Waals surface area (Å²) in [5.41, 5.74) is 13.2. The highest BCUT2D eigenvalue weighted by Crippen LogP contribution is 2.42. The smallest absolute Gasteiger partial charge is 0.260 e. The molecule has 0 fully saturated rings. The lowest BCUT2D eigenvalue weighted by Crippen LogP contribution is -2.57. The molecule has 0 aromatic heterocycles. The zero-order valence-electron chi connectivity index (χ0n) is 23.3. The Bertz CT molecular complexity index is 1920. The van der Waals surface area contributed by atoms with Gasteiger partial charge in [-0.1, -0.05) is 103 Å². The molecule has 2 heterocycles. The average molecular weight is 528 g/mol. The van der Waals surface area contributed by atoms with Gasteiger partial charge in [-0.05, 0) is 89.2 Å². The second kappa shape index (κ2) is 9.42. The molecule has 8 rings (SSSR count). The summed E-state index contributed by atoms with van der Waals surface area (Å²) in [4.78, 5) is 0. The zero-order chi connectivity index (χ0) is 27.5. The number of fused-ring (bicyclic) bond motifs is 4. The Balaban J connectivity index is 1.37. The number of benzene rings is 5. The quantitative estimate of drug-likeness (QED) is 0.215. The van der Waals surface area contributed by atoms with Gasteiger partial charge in [0.2, 0.25) is 0 Å². The van der Waals surface area contributed by atoms with Crippen LogP contribution in [0.25, 0.3) is 27.8 Å². The zero-order valence-corrected chi connectivity index (χ0v) is 23.3. The van der Waals surface area contributed by atoms with Crippen molar-refractivity contribution in [3.05, 3.63) is 132 Å². The Morgan fingerprint density at radius 3 is 2.20 bits per heavy atom. The van der Waals surface area contributed by atoms with E-state index in [0.29, 0.717) is 0 Å². The highest BCUT2D eigenvalue weighted by atomic mass is 16.5. The normalized spacial score (nSPS) is 14.5. The van der Waals surface area contributed by atoms with Crippen molar-refractivity contribution in [1.29, 1.82) is 0 Å². The van der Waals surface area contributed by atoms with Crippen molar-refractivity contribution in [3.8, 4) is 45.3 Å². The van der Waals surface area contributed by atoms with Crippen molar-refractivity contribution in [2.75, 3.05) is 0 Å². The first-order chi connectivity index (χ1) is 20.2. The van der Waals surface area contributed by atoms with Crippen molar-refractivity contribution in [3.63, 3.8) is 0 Å². The minimum Gasteiger partial charge on any atom is -0.458 e. The standard InChI is InChI=1S/C38H29BO2/c1-24-11-6-8-15-29(24)27-19-20-32-34(21-27)40-35-22-28(26-13-4-3-5-14-26)23-36-37(35)39(32)33-18-10-17-31(38(33)41-36)30-16-9-7-12-25(30)2/h3-6,8-11,13-23H,7,12H2,1-2H3. The van der Waals surface area contributed by atoms with E-state index in [2.05, 4.69) is 129 Å². The molecule has 5 aromatic carbocycles. The van der Waals surface area contributed by atoms with Crippen LogP contribution < -0.4 is 25.9 Å². The van der Waals surface area contributed by atoms with Crippen molar-refractivity contribution in [2.24, 2.45) is 0 Å². The number of aryl methyl sites for hydroxylation is 1. The fourth-order valence-corrected chi connectivity index (χ4v) is 6.69. The number of ether oxygens (including phenoxy) is 2. The van der Waals surface area contributed by atoms with Crippen LogP contribution in [0.15, 0.2) is 121 Å². The molecule has 2 aliphatic heterocycles. The van der Waals surface area contributed by atoms with Gasteiger partial charge in [-0.25, -0.2) is 0 Å². The van der Waals surface area contributed by atoms with E-state index in [1.807, 2.05) is 0 Å². The third kappa shape index (κ3) is 3.88. The molecule has 3 heteroatoms. The van der Waals surface area contributed by atoms with Crippen LogP contribution in [0.2, 0.25) is 0 Å². The average Bonchev–Trinajstić information content (AvgIpc) is 3.01. The van der Waals surface area contributed by atoms with Crippen LogP contribution in [0.1, 0.15) is 30.9 Å². The van der Waals surface area contributed by atoms with Gasteiger partial charge >= 0.3 is 0 Å². The first-order valence-corrected chi connectivity index (χ1v) is 14.4. The van der Waals surface area contributed by atoms with Gasteiger partial charge in [0.25, 0.3) is 6.71 Å². The summed E-state index contributed by atoms with van der Waals surface area (Å²) in [6, 6.07) is 36.7. The summed E-state index contributed by atoms with van der Waals surface area (Å²) in [5.74, 6) is 3.60. The van der Waals surface area contributed by atoms with Gasteiger partial charge in [-0.2, -0.15) is 0 Å². The third-order valence-corrected chi connectivity index (χ3v) is 8.79. The molecule has 0 N–H and O–H groups in total. The second-order valence-electron chi connectivity index (χ2n) is 11.3. The van der Waals surface area contributed by atoms with Gasteiger partial charge in [0.15, 0.2) is 0 Å². The highest BCUT2D eigenvalue weighted by Gasteiger charge is 2.41. The molecule has 0 radical (unpaired) electrons. The molecule has 1 aliphatic carbocycles. The minimum atomic E-state index is 0.0247. The molecule has 3 aliphatic rings. The molecule has 0 saturated carbocycles. The summed E-state index contributed by atoms with van der Waals surface area (Å²) in [5, 5.41) is 0. The molecule has 196 valence electrons. The van der Waals surface area contributed by atoms with Crippen LogP contribution in [-0.2, 0) is 0 Å². The molecule has 0 saturated heterocycles. The summed E-state index contributed by atoms with van der Waals surface area (Å²) in [6.45, 7) is 4.43. The first kappa shape index (κ1) is 24.1. The van der Waals surface area contributed by atoms with Crippen molar-refractivity contribution in [1.82, 2.24) is 0 Å². The van der Waals surface area contributed by atoms with Crippen LogP contribution >= 0.6 is 0 Å². The molecular formula is C38H29BO2. The second-order valence-corrected chi connectivity index (χ2v) is 11.3. The first-order valence-electron chi connectivity index (χ1n) is 14.4. The predicted molar refractivity (Wildman–Crippen MR) is 171 cm³/mol. The summed E-state index contributed by atoms with van der Waals surface area (Å²) in [6.07, 6.45) is 6.72. The highest BCUT2D eigenvalue weighted by molar-refractivity contribution is 6.98. The summed E-state index contributed by atoms with van der Waals surface area (Å²) in [7, 11) is 0. The maximum Gasteiger partial charge on any atom is 0.260 e. The van der Waals surface area contributed by atoms with Crippen molar-refractivity contribution in [2.45, 2.75) is 26.7 Å². The van der Waals surface area contributed by atoms with Crippen LogP contribution in [0.3, 0.4) is 0 Å². The molecule has 2 nitrogen and oxygen atoms in total. The fraction of sp³-hybridized carbons (Fsp3) is 0.105. The Labute approximate surface area is 241 Å². The van der Waals surface area contributed by atoms with Crippen LogP contribution in [0, 0.1) is 6.92 Å². The largest absolute Gasteiger partial charge is 0.458 e. The van der Waals surface area contributed by atoms with E-state index in [9.17, 15) is 0 Å². The molecule has 0 atom stereocenters. The Morgan fingerprint density at radius 2 is 1.37 bits per heavy atom. The van der Waals surface area contributed by atoms with Gasteiger partial charge in [-0.3, -0.25) is 0 Å². The Kier molecular flexibility index (Phi) is 5.53. The van der Waals surface area contributed by atoms with E-state index in [4.69, 9.17) is 9.47 Å². The Morgan fingerprint density at radius 1 is 0.610 bits per heavy atom. The van der Waals surface area contributed by atoms with Gasteiger partial charge in [0, 0.05) is 11.0 Å². The topological polar surface area (TPSA) is 18.5 Å². The number of hydrogen-bond donors (Lipinski definition) is 0. The van der Waals surface area contributed by atoms with E-state index in [1.54, 1.807) is 0 Å². The van der Waals surface area contributed by atoms with Gasteiger partial charge in [0.1, 0.15) is 23.0 Å². The van der Waals surface area contributed by atoms with Gasteiger partial charge in [-0.15, -0.1) is 0 Å². The lowest BCUT2D eigenvalue weighted by molar-refractivity contribution is 0.464. The SMILES string of the molecule is CC1=C(c2cccc3c2Oc2cc(-c4ccccc4)cc4c2B3c2ccc(-c3ccccc3C)cc2O4)C=CCC1. The Hall–Kier alpha value is -4.76. The molecule has 41 heavy (non-hydrogen) atoms. The summed E-state index contributed by atoms with van der Waals surface area (Å²) < 4.78 is 13.7. The number of para-hydroxylation sites is 1. The van der Waals surface area contributed by atoms with E-state index in [0.717, 1.165) is 58.0 Å². The van der Waals surface area contributed by atoms with Crippen LogP contribution in [-0.4, -0.2) is 6.71 Å². The van der Waals surface area contributed by atoms with E-state index in [1.165, 1.54) is 38.8 Å². The predicted octanol–water partition coefficient (Wildman–Crippen LogP) is 8.18. The maximum absolute atomic E-state index is 6.89. The van der Waals surface area contributed by atoms with Crippen LogP contribution in [0.5, 0.6) is 23.0 Å². The van der Waals surface area contributed by atoms with E-state index in [-0.39, 0.29) is 6.71 Å². The minimum absolute atomic E-state index is 0.0247. The lowest BCUT2D eigenvalue weighted by Gasteiger charge is -2.34. The fourth-order valence-electron chi connectivity index (χ4n) is 6.69. The van der Waals surface area contributed by atoms with E-state index < -0.39 is 0 Å². The monoisotopic (exact) mass is 528 g/mol. The molecular weight excluding hydrogens is 499 g/mol. The number of hydrogen-bond acceptors (Lipinski definition) is 2.